The second-order valence-electron chi connectivity index (χ2n) is 8.97. The molecule has 1 heterocycles. The van der Waals surface area contributed by atoms with Gasteiger partial charge in [-0.25, -0.2) is 0 Å². The first-order valence-electron chi connectivity index (χ1n) is 9.17. The van der Waals surface area contributed by atoms with Crippen molar-refractivity contribution < 1.29 is 4.74 Å². The van der Waals surface area contributed by atoms with E-state index in [1.54, 1.807) is 5.57 Å². The Balaban J connectivity index is 1.76. The number of ether oxygens (including phenoxy) is 1. The van der Waals surface area contributed by atoms with Gasteiger partial charge in [-0.3, -0.25) is 0 Å². The van der Waals surface area contributed by atoms with E-state index >= 15 is 0 Å². The topological polar surface area (TPSA) is 9.23 Å². The van der Waals surface area contributed by atoms with Gasteiger partial charge in [-0.05, 0) is 73.2 Å². The van der Waals surface area contributed by atoms with Gasteiger partial charge in [-0.15, -0.1) is 0 Å². The first-order chi connectivity index (χ1) is 10.1. The predicted molar refractivity (Wildman–Crippen MR) is 84.6 cm³/mol. The van der Waals surface area contributed by atoms with Crippen LogP contribution in [0.2, 0.25) is 0 Å². The van der Waals surface area contributed by atoms with E-state index < -0.39 is 0 Å². The van der Waals surface area contributed by atoms with Crippen molar-refractivity contribution in [3.05, 3.63) is 23.0 Å². The maximum absolute atomic E-state index is 6.11. The Morgan fingerprint density at radius 3 is 2.76 bits per heavy atom. The molecular weight excluding hydrogens is 256 g/mol. The van der Waals surface area contributed by atoms with E-state index in [1.165, 1.54) is 38.5 Å². The Morgan fingerprint density at radius 2 is 1.90 bits per heavy atom. The minimum absolute atomic E-state index is 0.458. The van der Waals surface area contributed by atoms with Crippen LogP contribution < -0.4 is 0 Å². The second-order valence-corrected chi connectivity index (χ2v) is 8.97. The highest BCUT2D eigenvalue weighted by molar-refractivity contribution is 5.46. The van der Waals surface area contributed by atoms with Gasteiger partial charge >= 0.3 is 0 Å². The van der Waals surface area contributed by atoms with Gasteiger partial charge in [0, 0.05) is 5.92 Å². The fourth-order valence-electron chi connectivity index (χ4n) is 6.71. The Morgan fingerprint density at radius 1 is 1.10 bits per heavy atom. The lowest BCUT2D eigenvalue weighted by Gasteiger charge is -2.49. The minimum Gasteiger partial charge on any atom is -0.497 e. The largest absolute Gasteiger partial charge is 0.497 e. The highest BCUT2D eigenvalue weighted by Crippen LogP contribution is 2.65. The van der Waals surface area contributed by atoms with Crippen LogP contribution in [-0.2, 0) is 4.74 Å². The Bertz CT molecular complexity index is 556. The number of hydrogen-bond acceptors (Lipinski definition) is 1. The Hall–Kier alpha value is -0.720. The molecule has 2 fully saturated rings. The molecule has 0 aromatic heterocycles. The summed E-state index contributed by atoms with van der Waals surface area (Å²) in [5, 5.41) is 0. The summed E-state index contributed by atoms with van der Waals surface area (Å²) in [6.45, 7) is 7.60. The quantitative estimate of drug-likeness (QED) is 0.563. The zero-order valence-electron chi connectivity index (χ0n) is 13.7. The number of allylic oxidation sites excluding steroid dienone is 1. The summed E-state index contributed by atoms with van der Waals surface area (Å²) >= 11 is 0. The summed E-state index contributed by atoms with van der Waals surface area (Å²) in [7, 11) is 0. The van der Waals surface area contributed by atoms with E-state index in [0.29, 0.717) is 17.4 Å². The highest BCUT2D eigenvalue weighted by Gasteiger charge is 2.57. The van der Waals surface area contributed by atoms with Gasteiger partial charge in [0.15, 0.2) is 0 Å². The molecule has 0 aromatic rings. The van der Waals surface area contributed by atoms with Crippen LogP contribution in [0.25, 0.3) is 0 Å². The van der Waals surface area contributed by atoms with Crippen molar-refractivity contribution in [2.45, 2.75) is 65.4 Å². The van der Waals surface area contributed by atoms with Crippen LogP contribution >= 0.6 is 0 Å². The zero-order chi connectivity index (χ0) is 14.4. The number of rotatable bonds is 0. The van der Waals surface area contributed by atoms with E-state index in [9.17, 15) is 0 Å². The molecule has 21 heavy (non-hydrogen) atoms. The monoisotopic (exact) mass is 284 g/mol. The van der Waals surface area contributed by atoms with Crippen molar-refractivity contribution in [3.8, 4) is 0 Å². The predicted octanol–water partition coefficient (Wildman–Crippen LogP) is 5.09. The summed E-state index contributed by atoms with van der Waals surface area (Å²) < 4.78 is 6.11. The van der Waals surface area contributed by atoms with Crippen molar-refractivity contribution in [2.24, 2.45) is 35.0 Å². The molecule has 114 valence electrons. The van der Waals surface area contributed by atoms with E-state index in [4.69, 9.17) is 4.74 Å². The Labute approximate surface area is 128 Å². The first kappa shape index (κ1) is 12.8. The minimum atomic E-state index is 0.458. The molecule has 0 N–H and O–H groups in total. The summed E-state index contributed by atoms with van der Waals surface area (Å²) in [6, 6.07) is 0. The lowest BCUT2D eigenvalue weighted by molar-refractivity contribution is 0.137. The lowest BCUT2D eigenvalue weighted by Crippen LogP contribution is -2.39. The fourth-order valence-corrected chi connectivity index (χ4v) is 6.71. The molecular formula is C20H28O. The second kappa shape index (κ2) is 3.97. The van der Waals surface area contributed by atoms with Gasteiger partial charge in [0.2, 0.25) is 0 Å². The standard InChI is InChI=1S/C20H28O/c1-11-4-5-14-12(2)6-7-20(3)9-13-10-21-16-8-15(11)18(17(13)16)19(14)20/h10-12,14-17H,4-9H2,1-3H3/t11-,12+,14+,15+,16+,17+,20+/m1/s1. The summed E-state index contributed by atoms with van der Waals surface area (Å²) in [4.78, 5) is 0. The SMILES string of the molecule is C[C@@H]1CC[C@@H]2C3=C4[C@H]5C(=CO[C@H]5C[C@H]41)C[C@]3(C)CC[C@@H]2C. The molecule has 0 radical (unpaired) electrons. The normalized spacial score (nSPS) is 54.0. The Kier molecular flexibility index (Phi) is 2.42. The maximum Gasteiger partial charge on any atom is 0.109 e. The molecule has 7 atom stereocenters. The van der Waals surface area contributed by atoms with Crippen LogP contribution in [0, 0.1) is 35.0 Å². The third kappa shape index (κ3) is 1.48. The molecule has 2 saturated carbocycles. The molecule has 0 aromatic carbocycles. The van der Waals surface area contributed by atoms with Crippen molar-refractivity contribution in [1.82, 2.24) is 0 Å². The maximum atomic E-state index is 6.11. The van der Waals surface area contributed by atoms with Gasteiger partial charge in [0.05, 0.1) is 6.26 Å². The number of hydrogen-bond donors (Lipinski definition) is 0. The van der Waals surface area contributed by atoms with Gasteiger partial charge in [0.1, 0.15) is 6.10 Å². The third-order valence-electron chi connectivity index (χ3n) is 7.77. The molecule has 0 unspecified atom stereocenters. The first-order valence-corrected chi connectivity index (χ1v) is 9.17. The lowest BCUT2D eigenvalue weighted by atomic mass is 9.55. The van der Waals surface area contributed by atoms with Crippen molar-refractivity contribution >= 4 is 0 Å². The van der Waals surface area contributed by atoms with Crippen LogP contribution in [0.5, 0.6) is 0 Å². The molecule has 1 aliphatic heterocycles. The smallest absolute Gasteiger partial charge is 0.109 e. The molecule has 1 nitrogen and oxygen atoms in total. The van der Waals surface area contributed by atoms with Crippen molar-refractivity contribution in [3.63, 3.8) is 0 Å². The average Bonchev–Trinajstić information content (AvgIpc) is 2.98. The van der Waals surface area contributed by atoms with Gasteiger partial charge in [-0.1, -0.05) is 31.9 Å². The van der Waals surface area contributed by atoms with Gasteiger partial charge in [-0.2, -0.15) is 0 Å². The molecule has 4 aliphatic carbocycles. The summed E-state index contributed by atoms with van der Waals surface area (Å²) in [5.41, 5.74) is 5.93. The van der Waals surface area contributed by atoms with Gasteiger partial charge in [0.25, 0.3) is 0 Å². The van der Waals surface area contributed by atoms with Crippen LogP contribution in [0.15, 0.2) is 23.0 Å². The summed E-state index contributed by atoms with van der Waals surface area (Å²) in [6.07, 6.45) is 10.9. The van der Waals surface area contributed by atoms with E-state index in [0.717, 1.165) is 23.7 Å². The van der Waals surface area contributed by atoms with Crippen molar-refractivity contribution in [2.75, 3.05) is 0 Å². The molecule has 5 rings (SSSR count). The van der Waals surface area contributed by atoms with Crippen LogP contribution in [0.1, 0.15) is 59.3 Å². The third-order valence-corrected chi connectivity index (χ3v) is 7.77. The van der Waals surface area contributed by atoms with E-state index in [1.807, 2.05) is 11.1 Å². The van der Waals surface area contributed by atoms with E-state index in [-0.39, 0.29) is 0 Å². The molecule has 5 aliphatic rings. The molecule has 1 heteroatoms. The van der Waals surface area contributed by atoms with E-state index in [2.05, 4.69) is 27.0 Å². The fraction of sp³-hybridized carbons (Fsp3) is 0.800. The highest BCUT2D eigenvalue weighted by atomic mass is 16.5. The van der Waals surface area contributed by atoms with Gasteiger partial charge < -0.3 is 4.74 Å². The summed E-state index contributed by atoms with van der Waals surface area (Å²) in [5.74, 6) is 4.16. The molecule has 0 saturated heterocycles. The van der Waals surface area contributed by atoms with Crippen LogP contribution in [0.4, 0.5) is 0 Å². The zero-order valence-corrected chi connectivity index (χ0v) is 13.7. The molecule has 0 bridgehead atoms. The average molecular weight is 284 g/mol. The molecule has 0 amide bonds. The van der Waals surface area contributed by atoms with Crippen LogP contribution in [0.3, 0.4) is 0 Å². The van der Waals surface area contributed by atoms with Crippen molar-refractivity contribution in [1.29, 1.82) is 0 Å². The molecule has 0 spiro atoms. The van der Waals surface area contributed by atoms with Crippen LogP contribution in [-0.4, -0.2) is 6.10 Å².